The highest BCUT2D eigenvalue weighted by atomic mass is 28.4. The van der Waals surface area contributed by atoms with Crippen LogP contribution < -0.4 is 0 Å². The van der Waals surface area contributed by atoms with Gasteiger partial charge in [0.25, 0.3) is 0 Å². The zero-order valence-electron chi connectivity index (χ0n) is 6.77. The van der Waals surface area contributed by atoms with Crippen molar-refractivity contribution in [2.24, 2.45) is 0 Å². The standard InChI is InChI=1S/C7H16OSi/c1-6-9(5,8-4)7(2)3/h6-7H,1H2,2-5H3. The van der Waals surface area contributed by atoms with Crippen molar-refractivity contribution in [2.75, 3.05) is 7.11 Å². The Morgan fingerprint density at radius 1 is 1.56 bits per heavy atom. The summed E-state index contributed by atoms with van der Waals surface area (Å²) >= 11 is 0. The van der Waals surface area contributed by atoms with Crippen LogP contribution in [0.2, 0.25) is 12.1 Å². The van der Waals surface area contributed by atoms with Crippen molar-refractivity contribution in [3.63, 3.8) is 0 Å². The molecule has 0 aliphatic carbocycles. The summed E-state index contributed by atoms with van der Waals surface area (Å²) in [5.74, 6) is 0. The largest absolute Gasteiger partial charge is 0.416 e. The third-order valence-corrected chi connectivity index (χ3v) is 5.97. The van der Waals surface area contributed by atoms with Crippen molar-refractivity contribution in [3.8, 4) is 0 Å². The molecule has 0 aliphatic heterocycles. The van der Waals surface area contributed by atoms with Gasteiger partial charge in [0.2, 0.25) is 8.32 Å². The van der Waals surface area contributed by atoms with E-state index in [0.29, 0.717) is 5.54 Å². The van der Waals surface area contributed by atoms with Crippen LogP contribution in [0.1, 0.15) is 13.8 Å². The summed E-state index contributed by atoms with van der Waals surface area (Å²) < 4.78 is 5.37. The normalized spacial score (nSPS) is 17.4. The Balaban J connectivity index is 4.08. The van der Waals surface area contributed by atoms with Crippen molar-refractivity contribution in [1.82, 2.24) is 0 Å². The van der Waals surface area contributed by atoms with Crippen LogP contribution in [0, 0.1) is 0 Å². The predicted molar refractivity (Wildman–Crippen MR) is 43.9 cm³/mol. The van der Waals surface area contributed by atoms with Crippen molar-refractivity contribution < 1.29 is 4.43 Å². The molecule has 0 aromatic carbocycles. The molecule has 1 atom stereocenters. The van der Waals surface area contributed by atoms with Gasteiger partial charge in [0, 0.05) is 7.11 Å². The first-order valence-corrected chi connectivity index (χ1v) is 5.82. The molecule has 0 fully saturated rings. The molecule has 0 saturated heterocycles. The van der Waals surface area contributed by atoms with Crippen molar-refractivity contribution in [2.45, 2.75) is 25.9 Å². The van der Waals surface area contributed by atoms with Crippen LogP contribution in [0.4, 0.5) is 0 Å². The monoisotopic (exact) mass is 144 g/mol. The van der Waals surface area contributed by atoms with Crippen molar-refractivity contribution in [1.29, 1.82) is 0 Å². The average Bonchev–Trinajstić information content (AvgIpc) is 1.86. The smallest absolute Gasteiger partial charge is 0.215 e. The molecule has 0 radical (unpaired) electrons. The highest BCUT2D eigenvalue weighted by molar-refractivity contribution is 6.78. The molecule has 0 spiro atoms. The number of hydrogen-bond donors (Lipinski definition) is 0. The van der Waals surface area contributed by atoms with Crippen LogP contribution in [0.5, 0.6) is 0 Å². The lowest BCUT2D eigenvalue weighted by atomic mass is 10.6. The SMILES string of the molecule is C=C[Si](C)(OC)C(C)C. The zero-order valence-corrected chi connectivity index (χ0v) is 7.77. The molecular weight excluding hydrogens is 128 g/mol. The van der Waals surface area contributed by atoms with Gasteiger partial charge in [0.15, 0.2) is 0 Å². The Morgan fingerprint density at radius 3 is 2.00 bits per heavy atom. The van der Waals surface area contributed by atoms with E-state index in [0.717, 1.165) is 0 Å². The summed E-state index contributed by atoms with van der Waals surface area (Å²) in [5, 5.41) is 0. The van der Waals surface area contributed by atoms with Gasteiger partial charge >= 0.3 is 0 Å². The average molecular weight is 144 g/mol. The molecule has 0 rings (SSSR count). The Kier molecular flexibility index (Phi) is 3.15. The number of rotatable bonds is 3. The first-order chi connectivity index (χ1) is 4.06. The van der Waals surface area contributed by atoms with E-state index in [1.165, 1.54) is 0 Å². The van der Waals surface area contributed by atoms with Gasteiger partial charge in [-0.25, -0.2) is 0 Å². The van der Waals surface area contributed by atoms with Gasteiger partial charge in [-0.15, -0.1) is 6.58 Å². The summed E-state index contributed by atoms with van der Waals surface area (Å²) in [4.78, 5) is 0. The zero-order chi connectivity index (χ0) is 7.49. The highest BCUT2D eigenvalue weighted by Gasteiger charge is 2.27. The van der Waals surface area contributed by atoms with Crippen LogP contribution in [-0.4, -0.2) is 15.4 Å². The van der Waals surface area contributed by atoms with Gasteiger partial charge in [-0.1, -0.05) is 19.5 Å². The van der Waals surface area contributed by atoms with Crippen LogP contribution in [0.3, 0.4) is 0 Å². The molecule has 0 aliphatic rings. The van der Waals surface area contributed by atoms with Gasteiger partial charge in [0.1, 0.15) is 0 Å². The van der Waals surface area contributed by atoms with Crippen molar-refractivity contribution in [3.05, 3.63) is 12.3 Å². The summed E-state index contributed by atoms with van der Waals surface area (Å²) in [6.07, 6.45) is 0. The van der Waals surface area contributed by atoms with Gasteiger partial charge in [-0.3, -0.25) is 0 Å². The Hall–Kier alpha value is -0.0831. The van der Waals surface area contributed by atoms with Gasteiger partial charge < -0.3 is 4.43 Å². The Morgan fingerprint density at radius 2 is 2.00 bits per heavy atom. The second-order valence-electron chi connectivity index (χ2n) is 2.75. The Labute approximate surface area is 58.9 Å². The van der Waals surface area contributed by atoms with Crippen LogP contribution >= 0.6 is 0 Å². The summed E-state index contributed by atoms with van der Waals surface area (Å²) in [5.41, 5.74) is 2.61. The molecule has 2 heteroatoms. The predicted octanol–water partition coefficient (Wildman–Crippen LogP) is 2.34. The van der Waals surface area contributed by atoms with Crippen LogP contribution in [0.15, 0.2) is 12.3 Å². The molecule has 54 valence electrons. The van der Waals surface area contributed by atoms with E-state index in [2.05, 4.69) is 27.0 Å². The minimum Gasteiger partial charge on any atom is -0.416 e. The van der Waals surface area contributed by atoms with E-state index in [4.69, 9.17) is 4.43 Å². The van der Waals surface area contributed by atoms with E-state index in [1.807, 2.05) is 5.70 Å². The molecule has 1 unspecified atom stereocenters. The molecule has 0 saturated carbocycles. The topological polar surface area (TPSA) is 9.23 Å². The minimum absolute atomic E-state index is 0.625. The first-order valence-electron chi connectivity index (χ1n) is 3.25. The van der Waals surface area contributed by atoms with E-state index < -0.39 is 8.32 Å². The fourth-order valence-electron chi connectivity index (χ4n) is 0.555. The molecular formula is C7H16OSi. The molecule has 0 N–H and O–H groups in total. The quantitative estimate of drug-likeness (QED) is 0.552. The summed E-state index contributed by atoms with van der Waals surface area (Å²) in [7, 11) is 0.261. The fraction of sp³-hybridized carbons (Fsp3) is 0.714. The van der Waals surface area contributed by atoms with Crippen LogP contribution in [0.25, 0.3) is 0 Å². The lowest BCUT2D eigenvalue weighted by Gasteiger charge is -2.24. The van der Waals surface area contributed by atoms with Gasteiger partial charge in [-0.05, 0) is 12.1 Å². The molecule has 0 heterocycles. The van der Waals surface area contributed by atoms with Crippen LogP contribution in [-0.2, 0) is 4.43 Å². The maximum absolute atomic E-state index is 5.37. The van der Waals surface area contributed by atoms with Crippen molar-refractivity contribution >= 4 is 8.32 Å². The molecule has 9 heavy (non-hydrogen) atoms. The summed E-state index contributed by atoms with van der Waals surface area (Å²) in [6.45, 7) is 10.3. The molecule has 0 aromatic rings. The third kappa shape index (κ3) is 1.95. The number of hydrogen-bond acceptors (Lipinski definition) is 1. The molecule has 0 amide bonds. The maximum Gasteiger partial charge on any atom is 0.215 e. The van der Waals surface area contributed by atoms with Gasteiger partial charge in [-0.2, -0.15) is 0 Å². The fourth-order valence-corrected chi connectivity index (χ4v) is 1.66. The van der Waals surface area contributed by atoms with Gasteiger partial charge in [0.05, 0.1) is 0 Å². The molecule has 1 nitrogen and oxygen atoms in total. The molecule has 0 aromatic heterocycles. The molecule has 0 bridgehead atoms. The van der Waals surface area contributed by atoms with E-state index in [-0.39, 0.29) is 0 Å². The Bertz CT molecular complexity index is 101. The first kappa shape index (κ1) is 8.92. The summed E-state index contributed by atoms with van der Waals surface area (Å²) in [6, 6.07) is 0. The van der Waals surface area contributed by atoms with E-state index in [9.17, 15) is 0 Å². The van der Waals surface area contributed by atoms with E-state index in [1.54, 1.807) is 7.11 Å². The third-order valence-electron chi connectivity index (χ3n) is 1.99. The second-order valence-corrected chi connectivity index (χ2v) is 7.09. The maximum atomic E-state index is 5.37. The lowest BCUT2D eigenvalue weighted by molar-refractivity contribution is 0.400. The lowest BCUT2D eigenvalue weighted by Crippen LogP contribution is -2.34. The minimum atomic E-state index is -1.51. The van der Waals surface area contributed by atoms with E-state index >= 15 is 0 Å². The highest BCUT2D eigenvalue weighted by Crippen LogP contribution is 2.21. The second kappa shape index (κ2) is 3.18.